The zero-order valence-corrected chi connectivity index (χ0v) is 16.7. The van der Waals surface area contributed by atoms with Gasteiger partial charge < -0.3 is 4.90 Å². The van der Waals surface area contributed by atoms with Crippen LogP contribution in [-0.4, -0.2) is 28.1 Å². The lowest BCUT2D eigenvalue weighted by Gasteiger charge is -2.39. The molecule has 25 heavy (non-hydrogen) atoms. The van der Waals surface area contributed by atoms with Crippen molar-refractivity contribution < 1.29 is 4.79 Å². The molecule has 0 spiro atoms. The van der Waals surface area contributed by atoms with Gasteiger partial charge in [0.1, 0.15) is 0 Å². The van der Waals surface area contributed by atoms with Gasteiger partial charge in [-0.15, -0.1) is 23.4 Å². The number of carbonyl (C=O) groups is 1. The second-order valence-corrected chi connectivity index (χ2v) is 11.0. The van der Waals surface area contributed by atoms with Crippen molar-refractivity contribution in [1.29, 1.82) is 0 Å². The Hall–Kier alpha value is -0.930. The predicted octanol–water partition coefficient (Wildman–Crippen LogP) is 5.38. The average molecular weight is 376 g/mol. The van der Waals surface area contributed by atoms with Crippen LogP contribution in [0.25, 0.3) is 4.91 Å². The summed E-state index contributed by atoms with van der Waals surface area (Å²) in [5.74, 6) is 0.0118. The highest BCUT2D eigenvalue weighted by Gasteiger charge is 2.52. The van der Waals surface area contributed by atoms with Crippen LogP contribution < -0.4 is 0 Å². The molecule has 1 amide bonds. The average Bonchev–Trinajstić information content (AvgIpc) is 3.04. The monoisotopic (exact) mass is 375 g/mol. The van der Waals surface area contributed by atoms with Gasteiger partial charge in [-0.2, -0.15) is 0 Å². The largest absolute Gasteiger partial charge is 0.339 e. The van der Waals surface area contributed by atoms with Crippen molar-refractivity contribution in [3.8, 4) is 0 Å². The Morgan fingerprint density at radius 1 is 1.20 bits per heavy atom. The van der Waals surface area contributed by atoms with Crippen LogP contribution in [0.15, 0.2) is 36.4 Å². The summed E-state index contributed by atoms with van der Waals surface area (Å²) in [5.41, 5.74) is 1.74. The summed E-state index contributed by atoms with van der Waals surface area (Å²) >= 11 is 8.21. The van der Waals surface area contributed by atoms with E-state index in [0.717, 1.165) is 29.9 Å². The Bertz CT molecular complexity index is 716. The molecule has 0 aromatic heterocycles. The number of carbonyl (C=O) groups excluding carboxylic acids is 1. The van der Waals surface area contributed by atoms with Crippen LogP contribution in [0.5, 0.6) is 0 Å². The van der Waals surface area contributed by atoms with E-state index in [-0.39, 0.29) is 21.9 Å². The fraction of sp³-hybridized carbons (Fsp3) is 0.571. The second kappa shape index (κ2) is 6.06. The van der Waals surface area contributed by atoms with E-state index in [1.54, 1.807) is 11.8 Å². The smallest absolute Gasteiger partial charge is 0.232 e. The minimum Gasteiger partial charge on any atom is -0.339 e. The lowest BCUT2D eigenvalue weighted by Crippen LogP contribution is -2.41. The molecule has 2 aliphatic heterocycles. The van der Waals surface area contributed by atoms with Crippen LogP contribution in [0.3, 0.4) is 0 Å². The maximum absolute atomic E-state index is 13.3. The van der Waals surface area contributed by atoms with Gasteiger partial charge >= 0.3 is 0 Å². The molecule has 4 unspecified atom stereocenters. The zero-order valence-electron chi connectivity index (χ0n) is 15.2. The van der Waals surface area contributed by atoms with Gasteiger partial charge in [0.2, 0.25) is 5.91 Å². The van der Waals surface area contributed by atoms with Crippen LogP contribution in [0.4, 0.5) is 0 Å². The highest BCUT2D eigenvalue weighted by molar-refractivity contribution is 8.10. The summed E-state index contributed by atoms with van der Waals surface area (Å²) < 4.78 is -0.205. The number of hydrogen-bond acceptors (Lipinski definition) is 2. The van der Waals surface area contributed by atoms with Crippen molar-refractivity contribution in [2.24, 2.45) is 16.7 Å². The van der Waals surface area contributed by atoms with Crippen molar-refractivity contribution in [3.05, 3.63) is 42.0 Å². The van der Waals surface area contributed by atoms with Crippen molar-refractivity contribution in [1.82, 2.24) is 4.90 Å². The van der Waals surface area contributed by atoms with Crippen molar-refractivity contribution in [2.75, 3.05) is 6.54 Å². The van der Waals surface area contributed by atoms with Crippen LogP contribution in [0.1, 0.15) is 45.6 Å². The van der Waals surface area contributed by atoms with Gasteiger partial charge in [-0.1, -0.05) is 57.2 Å². The normalized spacial score (nSPS) is 36.4. The SMILES string of the molecule is CC1(C)CC2CC(C)(CN2C(=O)C2C=C(c3ccccc3)SC2Cl)C1. The van der Waals surface area contributed by atoms with E-state index >= 15 is 0 Å². The molecule has 0 radical (unpaired) electrons. The molecule has 2 heterocycles. The van der Waals surface area contributed by atoms with E-state index in [9.17, 15) is 4.79 Å². The fourth-order valence-electron chi connectivity index (χ4n) is 5.33. The zero-order chi connectivity index (χ0) is 17.8. The molecule has 1 saturated carbocycles. The molecule has 134 valence electrons. The van der Waals surface area contributed by atoms with Gasteiger partial charge in [0.15, 0.2) is 0 Å². The van der Waals surface area contributed by atoms with Crippen molar-refractivity contribution in [3.63, 3.8) is 0 Å². The van der Waals surface area contributed by atoms with E-state index in [2.05, 4.69) is 43.9 Å². The number of halogens is 1. The van der Waals surface area contributed by atoms with Crippen LogP contribution in [0.2, 0.25) is 0 Å². The number of fused-ring (bicyclic) bond motifs is 2. The Morgan fingerprint density at radius 2 is 1.92 bits per heavy atom. The van der Waals surface area contributed by atoms with Gasteiger partial charge in [0.05, 0.1) is 10.6 Å². The first-order valence-electron chi connectivity index (χ1n) is 9.15. The highest BCUT2D eigenvalue weighted by atomic mass is 35.5. The van der Waals surface area contributed by atoms with Gasteiger partial charge in [-0.25, -0.2) is 0 Å². The molecule has 2 nitrogen and oxygen atoms in total. The number of benzene rings is 1. The van der Waals surface area contributed by atoms with Gasteiger partial charge in [0, 0.05) is 17.5 Å². The molecule has 4 atom stereocenters. The number of rotatable bonds is 2. The summed E-state index contributed by atoms with van der Waals surface area (Å²) in [7, 11) is 0. The van der Waals surface area contributed by atoms with Crippen molar-refractivity contribution >= 4 is 34.2 Å². The first-order chi connectivity index (χ1) is 11.8. The Labute approximate surface area is 160 Å². The third kappa shape index (κ3) is 3.26. The van der Waals surface area contributed by atoms with E-state index in [0.29, 0.717) is 11.5 Å². The highest BCUT2D eigenvalue weighted by Crippen LogP contribution is 2.54. The van der Waals surface area contributed by atoms with Gasteiger partial charge in [-0.05, 0) is 35.7 Å². The van der Waals surface area contributed by atoms with E-state index in [1.807, 2.05) is 18.2 Å². The number of likely N-dealkylation sites (tertiary alicyclic amines) is 1. The molecule has 0 N–H and O–H groups in total. The molecule has 2 bridgehead atoms. The van der Waals surface area contributed by atoms with Gasteiger partial charge in [-0.3, -0.25) is 4.79 Å². The molecular weight excluding hydrogens is 350 g/mol. The van der Waals surface area contributed by atoms with Crippen LogP contribution in [-0.2, 0) is 4.79 Å². The fourth-order valence-corrected chi connectivity index (χ4v) is 6.88. The topological polar surface area (TPSA) is 20.3 Å². The minimum absolute atomic E-state index is 0.205. The first-order valence-corrected chi connectivity index (χ1v) is 10.5. The molecule has 4 rings (SSSR count). The Morgan fingerprint density at radius 3 is 2.64 bits per heavy atom. The maximum Gasteiger partial charge on any atom is 0.232 e. The van der Waals surface area contributed by atoms with Crippen LogP contribution in [0, 0.1) is 16.7 Å². The Balaban J connectivity index is 1.56. The number of amides is 1. The summed E-state index contributed by atoms with van der Waals surface area (Å²) in [4.78, 5) is 16.6. The molecule has 3 aliphatic rings. The summed E-state index contributed by atoms with van der Waals surface area (Å²) in [6.45, 7) is 7.92. The standard InChI is InChI=1S/C21H26ClNOS/c1-20(2)10-15-11-21(3,12-20)13-23(15)19(24)16-9-17(25-18(16)22)14-7-5-4-6-8-14/h4-9,15-16,18H,10-13H2,1-3H3. The molecule has 1 aromatic rings. The molecule has 1 aliphatic carbocycles. The van der Waals surface area contributed by atoms with Crippen LogP contribution >= 0.6 is 23.4 Å². The number of thioether (sulfide) groups is 1. The molecular formula is C21H26ClNOS. The molecule has 1 saturated heterocycles. The second-order valence-electron chi connectivity index (χ2n) is 9.07. The first kappa shape index (κ1) is 17.5. The van der Waals surface area contributed by atoms with Crippen molar-refractivity contribution in [2.45, 2.75) is 50.8 Å². The predicted molar refractivity (Wildman–Crippen MR) is 106 cm³/mol. The quantitative estimate of drug-likeness (QED) is 0.646. The molecule has 2 fully saturated rings. The molecule has 4 heteroatoms. The maximum atomic E-state index is 13.3. The Kier molecular flexibility index (Phi) is 4.24. The lowest BCUT2D eigenvalue weighted by atomic mass is 9.65. The lowest BCUT2D eigenvalue weighted by molar-refractivity contribution is -0.134. The third-order valence-corrected chi connectivity index (χ3v) is 7.58. The minimum atomic E-state index is -0.215. The molecule has 1 aromatic carbocycles. The summed E-state index contributed by atoms with van der Waals surface area (Å²) in [6.07, 6.45) is 5.55. The van der Waals surface area contributed by atoms with E-state index in [4.69, 9.17) is 11.6 Å². The summed E-state index contributed by atoms with van der Waals surface area (Å²) in [5, 5.41) is 0. The van der Waals surface area contributed by atoms with E-state index in [1.165, 1.54) is 6.42 Å². The van der Waals surface area contributed by atoms with Gasteiger partial charge in [0.25, 0.3) is 0 Å². The number of alkyl halides is 1. The third-order valence-electron chi connectivity index (χ3n) is 5.89. The summed E-state index contributed by atoms with van der Waals surface area (Å²) in [6, 6.07) is 10.6. The number of hydrogen-bond donors (Lipinski definition) is 0. The van der Waals surface area contributed by atoms with E-state index < -0.39 is 0 Å². The number of nitrogens with zero attached hydrogens (tertiary/aromatic N) is 1.